The molecule has 0 saturated carbocycles. The number of carbonyl (C=O) groups excluding carboxylic acids is 1. The third kappa shape index (κ3) is 3.31. The van der Waals surface area contributed by atoms with Crippen LogP contribution in [0.4, 0.5) is 10.1 Å². The summed E-state index contributed by atoms with van der Waals surface area (Å²) in [6, 6.07) is 10.5. The van der Waals surface area contributed by atoms with Crippen molar-refractivity contribution < 1.29 is 14.3 Å². The number of aliphatic hydroxyl groups is 1. The van der Waals surface area contributed by atoms with Crippen molar-refractivity contribution in [1.82, 2.24) is 9.55 Å². The largest absolute Gasteiger partial charge is 0.392 e. The van der Waals surface area contributed by atoms with E-state index in [9.17, 15) is 14.0 Å². The van der Waals surface area contributed by atoms with E-state index in [0.717, 1.165) is 10.6 Å². The molecule has 0 aliphatic heterocycles. The second-order valence-electron chi connectivity index (χ2n) is 5.25. The van der Waals surface area contributed by atoms with E-state index in [1.165, 1.54) is 18.5 Å². The van der Waals surface area contributed by atoms with Crippen molar-refractivity contribution in [3.05, 3.63) is 70.5 Å². The van der Waals surface area contributed by atoms with Crippen molar-refractivity contribution in [2.24, 2.45) is 0 Å². The molecule has 2 aromatic carbocycles. The molecule has 1 heterocycles. The van der Waals surface area contributed by atoms with Crippen LogP contribution in [-0.4, -0.2) is 20.6 Å². The lowest BCUT2D eigenvalue weighted by Gasteiger charge is -2.09. The molecule has 0 unspecified atom stereocenters. The average molecular weight is 327 g/mol. The van der Waals surface area contributed by atoms with E-state index in [1.54, 1.807) is 24.3 Å². The minimum atomic E-state index is -0.538. The number of nitrogens with zero attached hydrogens (tertiary/aromatic N) is 2. The van der Waals surface area contributed by atoms with Gasteiger partial charge in [-0.25, -0.2) is 9.37 Å². The molecule has 0 radical (unpaired) electrons. The summed E-state index contributed by atoms with van der Waals surface area (Å²) in [5.74, 6) is -0.964. The van der Waals surface area contributed by atoms with Gasteiger partial charge in [-0.3, -0.25) is 14.2 Å². The summed E-state index contributed by atoms with van der Waals surface area (Å²) in [4.78, 5) is 28.5. The van der Waals surface area contributed by atoms with Crippen molar-refractivity contribution in [3.63, 3.8) is 0 Å². The highest BCUT2D eigenvalue weighted by Crippen LogP contribution is 2.11. The van der Waals surface area contributed by atoms with Gasteiger partial charge in [0.2, 0.25) is 5.91 Å². The van der Waals surface area contributed by atoms with E-state index in [0.29, 0.717) is 16.8 Å². The maximum Gasteiger partial charge on any atom is 0.261 e. The van der Waals surface area contributed by atoms with Gasteiger partial charge in [0.25, 0.3) is 5.56 Å². The second-order valence-corrected chi connectivity index (χ2v) is 5.25. The number of hydrogen-bond donors (Lipinski definition) is 2. The highest BCUT2D eigenvalue weighted by atomic mass is 19.1. The van der Waals surface area contributed by atoms with E-state index in [4.69, 9.17) is 5.11 Å². The van der Waals surface area contributed by atoms with Crippen molar-refractivity contribution >= 4 is 22.5 Å². The maximum atomic E-state index is 13.3. The summed E-state index contributed by atoms with van der Waals surface area (Å²) in [6.45, 7) is -0.384. The van der Waals surface area contributed by atoms with Gasteiger partial charge in [0.05, 0.1) is 23.8 Å². The molecule has 0 spiro atoms. The summed E-state index contributed by atoms with van der Waals surface area (Å²) in [5, 5.41) is 11.9. The van der Waals surface area contributed by atoms with Crippen LogP contribution in [0.2, 0.25) is 0 Å². The third-order valence-electron chi connectivity index (χ3n) is 3.49. The first-order chi connectivity index (χ1) is 11.6. The molecular weight excluding hydrogens is 313 g/mol. The first-order valence-electron chi connectivity index (χ1n) is 7.21. The van der Waals surface area contributed by atoms with Crippen molar-refractivity contribution in [2.45, 2.75) is 13.2 Å². The Balaban J connectivity index is 1.82. The van der Waals surface area contributed by atoms with Gasteiger partial charge in [0, 0.05) is 5.69 Å². The number of aliphatic hydroxyl groups excluding tert-OH is 1. The Morgan fingerprint density at radius 2 is 2.08 bits per heavy atom. The molecule has 122 valence electrons. The Kier molecular flexibility index (Phi) is 4.35. The minimum Gasteiger partial charge on any atom is -0.392 e. The Morgan fingerprint density at radius 3 is 2.88 bits per heavy atom. The molecule has 1 aromatic heterocycles. The molecule has 2 N–H and O–H groups in total. The Bertz CT molecular complexity index is 969. The standard InChI is InChI=1S/C17H14FN3O3/c18-12-4-5-15-14(7-12)17(24)21(10-19-15)8-16(23)20-13-3-1-2-11(6-13)9-22/h1-7,10,22H,8-9H2,(H,20,23). The molecule has 24 heavy (non-hydrogen) atoms. The maximum absolute atomic E-state index is 13.3. The van der Waals surface area contributed by atoms with E-state index < -0.39 is 17.3 Å². The SMILES string of the molecule is O=C(Cn1cnc2ccc(F)cc2c1=O)Nc1cccc(CO)c1. The number of carbonyl (C=O) groups is 1. The molecular formula is C17H14FN3O3. The molecule has 0 bridgehead atoms. The van der Waals surface area contributed by atoms with Gasteiger partial charge in [-0.1, -0.05) is 12.1 Å². The highest BCUT2D eigenvalue weighted by molar-refractivity contribution is 5.90. The number of hydrogen-bond acceptors (Lipinski definition) is 4. The normalized spacial score (nSPS) is 10.8. The van der Waals surface area contributed by atoms with Gasteiger partial charge < -0.3 is 10.4 Å². The number of benzene rings is 2. The van der Waals surface area contributed by atoms with Gasteiger partial charge in [0.15, 0.2) is 0 Å². The third-order valence-corrected chi connectivity index (χ3v) is 3.49. The van der Waals surface area contributed by atoms with Gasteiger partial charge in [0.1, 0.15) is 12.4 Å². The van der Waals surface area contributed by atoms with Crippen LogP contribution in [0.5, 0.6) is 0 Å². The molecule has 0 fully saturated rings. The van der Waals surface area contributed by atoms with Crippen LogP contribution < -0.4 is 10.9 Å². The van der Waals surface area contributed by atoms with Crippen LogP contribution in [0.25, 0.3) is 10.9 Å². The zero-order valence-corrected chi connectivity index (χ0v) is 12.6. The number of anilines is 1. The summed E-state index contributed by atoms with van der Waals surface area (Å²) < 4.78 is 14.4. The number of halogens is 1. The number of amides is 1. The number of fused-ring (bicyclic) bond motifs is 1. The molecule has 1 amide bonds. The van der Waals surface area contributed by atoms with Crippen LogP contribution >= 0.6 is 0 Å². The molecule has 3 rings (SSSR count). The minimum absolute atomic E-state index is 0.118. The topological polar surface area (TPSA) is 84.2 Å². The van der Waals surface area contributed by atoms with Crippen molar-refractivity contribution in [3.8, 4) is 0 Å². The van der Waals surface area contributed by atoms with E-state index in [2.05, 4.69) is 10.3 Å². The summed E-state index contributed by atoms with van der Waals surface area (Å²) >= 11 is 0. The number of aromatic nitrogens is 2. The van der Waals surface area contributed by atoms with Crippen LogP contribution in [0.3, 0.4) is 0 Å². The monoisotopic (exact) mass is 327 g/mol. The zero-order valence-electron chi connectivity index (χ0n) is 12.6. The van der Waals surface area contributed by atoms with E-state index in [1.807, 2.05) is 0 Å². The van der Waals surface area contributed by atoms with E-state index >= 15 is 0 Å². The quantitative estimate of drug-likeness (QED) is 0.763. The lowest BCUT2D eigenvalue weighted by molar-refractivity contribution is -0.116. The molecule has 6 nitrogen and oxygen atoms in total. The molecule has 0 aliphatic rings. The molecule has 7 heteroatoms. The van der Waals surface area contributed by atoms with Gasteiger partial charge in [-0.05, 0) is 35.9 Å². The fourth-order valence-corrected chi connectivity index (χ4v) is 2.35. The molecule has 0 atom stereocenters. The van der Waals surface area contributed by atoms with Gasteiger partial charge in [-0.15, -0.1) is 0 Å². The molecule has 0 saturated heterocycles. The Labute approximate surface area is 136 Å². The average Bonchev–Trinajstić information content (AvgIpc) is 2.58. The fraction of sp³-hybridized carbons (Fsp3) is 0.118. The first-order valence-corrected chi connectivity index (χ1v) is 7.21. The zero-order chi connectivity index (χ0) is 17.1. The smallest absolute Gasteiger partial charge is 0.261 e. The van der Waals surface area contributed by atoms with Gasteiger partial charge >= 0.3 is 0 Å². The van der Waals surface area contributed by atoms with Crippen LogP contribution in [0.15, 0.2) is 53.6 Å². The van der Waals surface area contributed by atoms with Crippen LogP contribution in [0, 0.1) is 5.82 Å². The van der Waals surface area contributed by atoms with Crippen LogP contribution in [-0.2, 0) is 17.9 Å². The fourth-order valence-electron chi connectivity index (χ4n) is 2.35. The lowest BCUT2D eigenvalue weighted by atomic mass is 10.2. The lowest BCUT2D eigenvalue weighted by Crippen LogP contribution is -2.28. The second kappa shape index (κ2) is 6.59. The van der Waals surface area contributed by atoms with Gasteiger partial charge in [-0.2, -0.15) is 0 Å². The van der Waals surface area contributed by atoms with Crippen molar-refractivity contribution in [1.29, 1.82) is 0 Å². The van der Waals surface area contributed by atoms with Crippen LogP contribution in [0.1, 0.15) is 5.56 Å². The molecule has 0 aliphatic carbocycles. The van der Waals surface area contributed by atoms with Crippen molar-refractivity contribution in [2.75, 3.05) is 5.32 Å². The Morgan fingerprint density at radius 1 is 1.25 bits per heavy atom. The predicted octanol–water partition coefficient (Wildman–Crippen LogP) is 1.67. The summed E-state index contributed by atoms with van der Waals surface area (Å²) in [5.41, 5.74) is 1.06. The number of rotatable bonds is 4. The summed E-state index contributed by atoms with van der Waals surface area (Å²) in [6.07, 6.45) is 1.26. The first kappa shape index (κ1) is 15.8. The molecule has 3 aromatic rings. The summed E-state index contributed by atoms with van der Waals surface area (Å²) in [7, 11) is 0. The highest BCUT2D eigenvalue weighted by Gasteiger charge is 2.09. The predicted molar refractivity (Wildman–Crippen MR) is 87.0 cm³/mol. The Hall–Kier alpha value is -3.06. The van der Waals surface area contributed by atoms with E-state index in [-0.39, 0.29) is 18.5 Å². The number of nitrogens with one attached hydrogen (secondary N) is 1.